The van der Waals surface area contributed by atoms with Gasteiger partial charge in [0.1, 0.15) is 0 Å². The lowest BCUT2D eigenvalue weighted by Gasteiger charge is -2.38. The first kappa shape index (κ1) is 13.8. The number of morpholine rings is 1. The zero-order valence-electron chi connectivity index (χ0n) is 11.3. The first-order valence-electron chi connectivity index (χ1n) is 6.67. The van der Waals surface area contributed by atoms with Crippen LogP contribution in [0.4, 0.5) is 5.13 Å². The van der Waals surface area contributed by atoms with Gasteiger partial charge in [-0.25, -0.2) is 4.98 Å². The third kappa shape index (κ3) is 2.68. The lowest BCUT2D eigenvalue weighted by atomic mass is 10.1. The Bertz CT molecular complexity index is 373. The van der Waals surface area contributed by atoms with Crippen LogP contribution in [0.15, 0.2) is 0 Å². The number of hydrogen-bond donors (Lipinski definition) is 1. The van der Waals surface area contributed by atoms with Crippen molar-refractivity contribution >= 4 is 16.5 Å². The minimum atomic E-state index is 0.0948. The van der Waals surface area contributed by atoms with Crippen molar-refractivity contribution in [3.05, 3.63) is 10.6 Å². The van der Waals surface area contributed by atoms with Crippen LogP contribution in [0.2, 0.25) is 0 Å². The fourth-order valence-electron chi connectivity index (χ4n) is 2.31. The first-order valence-corrected chi connectivity index (χ1v) is 7.48. The summed E-state index contributed by atoms with van der Waals surface area (Å²) >= 11 is 1.62. The van der Waals surface area contributed by atoms with Gasteiger partial charge in [-0.2, -0.15) is 0 Å². The van der Waals surface area contributed by atoms with Crippen molar-refractivity contribution < 1.29 is 9.84 Å². The molecule has 1 aliphatic rings. The van der Waals surface area contributed by atoms with Crippen LogP contribution in [0.5, 0.6) is 0 Å². The molecule has 2 atom stereocenters. The van der Waals surface area contributed by atoms with Crippen molar-refractivity contribution in [1.29, 1.82) is 0 Å². The highest BCUT2D eigenvalue weighted by Crippen LogP contribution is 2.30. The van der Waals surface area contributed by atoms with Crippen LogP contribution in [0.25, 0.3) is 0 Å². The predicted molar refractivity (Wildman–Crippen MR) is 74.3 cm³/mol. The molecule has 0 aliphatic carbocycles. The number of ether oxygens (including phenoxy) is 1. The molecule has 0 amide bonds. The Morgan fingerprint density at radius 3 is 2.83 bits per heavy atom. The molecule has 5 heteroatoms. The molecule has 1 N–H and O–H groups in total. The van der Waals surface area contributed by atoms with Crippen LogP contribution in [0.1, 0.15) is 37.8 Å². The summed E-state index contributed by atoms with van der Waals surface area (Å²) in [6.07, 6.45) is 2.19. The molecule has 2 heterocycles. The molecule has 2 rings (SSSR count). The van der Waals surface area contributed by atoms with E-state index in [2.05, 4.69) is 30.7 Å². The van der Waals surface area contributed by atoms with E-state index in [9.17, 15) is 5.11 Å². The number of anilines is 1. The molecule has 0 aromatic carbocycles. The number of hydrogen-bond acceptors (Lipinski definition) is 5. The third-order valence-corrected chi connectivity index (χ3v) is 4.55. The van der Waals surface area contributed by atoms with E-state index in [0.717, 1.165) is 41.7 Å². The number of nitrogens with zero attached hydrogens (tertiary/aromatic N) is 2. The Hall–Kier alpha value is -0.650. The number of aromatic nitrogens is 1. The van der Waals surface area contributed by atoms with Gasteiger partial charge in [-0.1, -0.05) is 25.2 Å². The molecule has 0 spiro atoms. The first-order chi connectivity index (χ1) is 8.69. The zero-order valence-corrected chi connectivity index (χ0v) is 12.2. The third-order valence-electron chi connectivity index (χ3n) is 3.43. The highest BCUT2D eigenvalue weighted by atomic mass is 32.1. The van der Waals surface area contributed by atoms with Crippen LogP contribution in [-0.2, 0) is 17.8 Å². The second kappa shape index (κ2) is 5.99. The fraction of sp³-hybridized carbons (Fsp3) is 0.769. The maximum Gasteiger partial charge on any atom is 0.186 e. The minimum Gasteiger partial charge on any atom is -0.391 e. The van der Waals surface area contributed by atoms with Crippen molar-refractivity contribution in [2.75, 3.05) is 18.1 Å². The van der Waals surface area contributed by atoms with Gasteiger partial charge >= 0.3 is 0 Å². The van der Waals surface area contributed by atoms with Crippen LogP contribution in [-0.4, -0.2) is 35.4 Å². The quantitative estimate of drug-likeness (QED) is 0.911. The Balaban J connectivity index is 2.24. The summed E-state index contributed by atoms with van der Waals surface area (Å²) in [5.74, 6) is 0. The zero-order chi connectivity index (χ0) is 13.1. The van der Waals surface area contributed by atoms with E-state index < -0.39 is 0 Å². The Labute approximate surface area is 113 Å². The average Bonchev–Trinajstić information content (AvgIpc) is 2.81. The van der Waals surface area contributed by atoms with E-state index in [1.165, 1.54) is 0 Å². The van der Waals surface area contributed by atoms with E-state index in [4.69, 9.17) is 4.74 Å². The van der Waals surface area contributed by atoms with Crippen LogP contribution >= 0.6 is 11.3 Å². The van der Waals surface area contributed by atoms with Crippen molar-refractivity contribution in [2.24, 2.45) is 0 Å². The van der Waals surface area contributed by atoms with Gasteiger partial charge in [-0.05, 0) is 19.8 Å². The number of aliphatic hydroxyl groups excluding tert-OH is 1. The van der Waals surface area contributed by atoms with Crippen molar-refractivity contribution in [3.8, 4) is 0 Å². The molecule has 1 saturated heterocycles. The van der Waals surface area contributed by atoms with E-state index in [-0.39, 0.29) is 12.7 Å². The molecular weight excluding hydrogens is 248 g/mol. The normalized spacial score (nSPS) is 24.6. The van der Waals surface area contributed by atoms with Gasteiger partial charge in [0.05, 0.1) is 35.9 Å². The molecule has 2 unspecified atom stereocenters. The summed E-state index contributed by atoms with van der Waals surface area (Å²) in [5.41, 5.74) is 1.03. The van der Waals surface area contributed by atoms with Gasteiger partial charge in [-0.3, -0.25) is 0 Å². The maximum atomic E-state index is 9.36. The van der Waals surface area contributed by atoms with Crippen molar-refractivity contribution in [2.45, 2.75) is 52.4 Å². The number of aryl methyl sites for hydroxylation is 1. The van der Waals surface area contributed by atoms with Gasteiger partial charge in [0.25, 0.3) is 0 Å². The second-order valence-corrected chi connectivity index (χ2v) is 5.80. The van der Waals surface area contributed by atoms with E-state index in [1.54, 1.807) is 11.3 Å². The monoisotopic (exact) mass is 270 g/mol. The number of rotatable bonds is 4. The van der Waals surface area contributed by atoms with Gasteiger partial charge < -0.3 is 14.7 Å². The van der Waals surface area contributed by atoms with Gasteiger partial charge in [0.2, 0.25) is 0 Å². The Morgan fingerprint density at radius 1 is 1.50 bits per heavy atom. The van der Waals surface area contributed by atoms with Gasteiger partial charge in [0, 0.05) is 6.54 Å². The lowest BCUT2D eigenvalue weighted by molar-refractivity contribution is 0.0299. The highest BCUT2D eigenvalue weighted by Gasteiger charge is 2.28. The topological polar surface area (TPSA) is 45.6 Å². The lowest BCUT2D eigenvalue weighted by Crippen LogP contribution is -2.48. The molecular formula is C13H22N2O2S. The predicted octanol–water partition coefficient (Wildman–Crippen LogP) is 2.20. The summed E-state index contributed by atoms with van der Waals surface area (Å²) < 4.78 is 5.71. The Morgan fingerprint density at radius 2 is 2.28 bits per heavy atom. The number of thiazole rings is 1. The molecule has 1 aromatic rings. The molecule has 102 valence electrons. The van der Waals surface area contributed by atoms with Crippen LogP contribution in [0.3, 0.4) is 0 Å². The largest absolute Gasteiger partial charge is 0.391 e. The summed E-state index contributed by atoms with van der Waals surface area (Å²) in [4.78, 5) is 8.03. The summed E-state index contributed by atoms with van der Waals surface area (Å²) in [7, 11) is 0. The molecule has 1 aliphatic heterocycles. The van der Waals surface area contributed by atoms with Gasteiger partial charge in [0.15, 0.2) is 5.13 Å². The SMILES string of the molecule is CCc1nc(N2CC(C)OCC2CC)sc1CO. The second-order valence-electron chi connectivity index (χ2n) is 4.74. The summed E-state index contributed by atoms with van der Waals surface area (Å²) in [6.45, 7) is 8.11. The summed E-state index contributed by atoms with van der Waals surface area (Å²) in [6, 6.07) is 0.406. The maximum absolute atomic E-state index is 9.36. The highest BCUT2D eigenvalue weighted by molar-refractivity contribution is 7.15. The standard InChI is InChI=1S/C13H22N2O2S/c1-4-10-8-17-9(3)6-15(10)13-14-11(5-2)12(7-16)18-13/h9-10,16H,4-8H2,1-3H3. The van der Waals surface area contributed by atoms with E-state index >= 15 is 0 Å². The molecule has 1 fully saturated rings. The smallest absolute Gasteiger partial charge is 0.186 e. The minimum absolute atomic E-state index is 0.0948. The van der Waals surface area contributed by atoms with Gasteiger partial charge in [-0.15, -0.1) is 0 Å². The van der Waals surface area contributed by atoms with Crippen molar-refractivity contribution in [1.82, 2.24) is 4.98 Å². The average molecular weight is 270 g/mol. The Kier molecular flexibility index (Phi) is 4.59. The van der Waals surface area contributed by atoms with Crippen LogP contribution in [0, 0.1) is 0 Å². The summed E-state index contributed by atoms with van der Waals surface area (Å²) in [5, 5.41) is 10.4. The fourth-order valence-corrected chi connectivity index (χ4v) is 3.40. The number of aliphatic hydroxyl groups is 1. The van der Waals surface area contributed by atoms with Crippen LogP contribution < -0.4 is 4.90 Å². The molecule has 4 nitrogen and oxygen atoms in total. The van der Waals surface area contributed by atoms with E-state index in [0.29, 0.717) is 6.04 Å². The molecule has 1 aromatic heterocycles. The van der Waals surface area contributed by atoms with E-state index in [1.807, 2.05) is 0 Å². The molecule has 18 heavy (non-hydrogen) atoms. The molecule has 0 radical (unpaired) electrons. The molecule has 0 bridgehead atoms. The molecule has 0 saturated carbocycles. The van der Waals surface area contributed by atoms with Crippen molar-refractivity contribution in [3.63, 3.8) is 0 Å².